The first kappa shape index (κ1) is 36.4. The molecule has 5 aliphatic rings. The average Bonchev–Trinajstić information content (AvgIpc) is 3.72. The Labute approximate surface area is 274 Å². The van der Waals surface area contributed by atoms with E-state index >= 15 is 0 Å². The van der Waals surface area contributed by atoms with Crippen molar-refractivity contribution in [1.29, 1.82) is 0 Å². The van der Waals surface area contributed by atoms with E-state index in [-0.39, 0.29) is 48.1 Å². The van der Waals surface area contributed by atoms with Gasteiger partial charge in [-0.3, -0.25) is 4.79 Å². The Kier molecular flexibility index (Phi) is 10.4. The number of aliphatic hydroxyl groups excluding tert-OH is 3. The molecule has 0 saturated carbocycles. The van der Waals surface area contributed by atoms with Crippen LogP contribution >= 0.6 is 0 Å². The van der Waals surface area contributed by atoms with Gasteiger partial charge in [0.25, 0.3) is 0 Å². The molecule has 0 radical (unpaired) electrons. The maximum atomic E-state index is 11.6. The molecule has 266 valence electrons. The van der Waals surface area contributed by atoms with Gasteiger partial charge in [-0.15, -0.1) is 0 Å². The third-order valence-corrected chi connectivity index (χ3v) is 12.8. The molecular weight excluding hydrogens is 596 g/mol. The van der Waals surface area contributed by atoms with Gasteiger partial charge in [-0.05, 0) is 64.2 Å². The van der Waals surface area contributed by atoms with E-state index in [1.165, 1.54) is 6.92 Å². The highest BCUT2D eigenvalue weighted by atomic mass is 16.7. The molecular formula is C35H60O11. The van der Waals surface area contributed by atoms with Crippen LogP contribution in [-0.4, -0.2) is 104 Å². The summed E-state index contributed by atoms with van der Waals surface area (Å²) in [6.45, 7) is 15.1. The zero-order valence-corrected chi connectivity index (χ0v) is 29.1. The smallest absolute Gasteiger partial charge is 0.308 e. The highest BCUT2D eigenvalue weighted by Gasteiger charge is 2.62. The molecule has 11 nitrogen and oxygen atoms in total. The van der Waals surface area contributed by atoms with Gasteiger partial charge in [0.2, 0.25) is 0 Å². The Morgan fingerprint density at radius 2 is 1.70 bits per heavy atom. The molecule has 5 fully saturated rings. The molecule has 0 aromatic rings. The van der Waals surface area contributed by atoms with E-state index in [0.29, 0.717) is 19.3 Å². The van der Waals surface area contributed by atoms with Crippen LogP contribution < -0.4 is 0 Å². The van der Waals surface area contributed by atoms with Gasteiger partial charge >= 0.3 is 5.97 Å². The summed E-state index contributed by atoms with van der Waals surface area (Å²) >= 11 is 0. The third kappa shape index (κ3) is 6.31. The van der Waals surface area contributed by atoms with E-state index in [1.54, 1.807) is 6.92 Å². The minimum Gasteiger partial charge on any atom is -0.481 e. The van der Waals surface area contributed by atoms with Crippen molar-refractivity contribution in [2.24, 2.45) is 35.5 Å². The Hall–Kier alpha value is -0.890. The van der Waals surface area contributed by atoms with E-state index in [1.807, 2.05) is 13.8 Å². The SMILES string of the molecule is CC[C@@]1([C@@H]2O[C@@H]([C@H]3O[C@@](O)(CO)[C@H](C)C[C@@H]3C)C[C@@H]2C)CC[C@H]([C@]2(C)CC[C@]3(C[C@H](O)[C@@H](C)[C@@H]([C@H](C)[C@@H](O)[C@H](C)C(=O)O)O3)O2)O1. The van der Waals surface area contributed by atoms with Gasteiger partial charge in [0.05, 0.1) is 66.5 Å². The first-order valence-corrected chi connectivity index (χ1v) is 17.7. The van der Waals surface area contributed by atoms with Gasteiger partial charge in [-0.2, -0.15) is 0 Å². The molecule has 11 heteroatoms. The molecule has 5 N–H and O–H groups in total. The van der Waals surface area contributed by atoms with Gasteiger partial charge in [0.1, 0.15) is 0 Å². The van der Waals surface area contributed by atoms with Crippen LogP contribution in [0.5, 0.6) is 0 Å². The fraction of sp³-hybridized carbons (Fsp3) is 0.971. The molecule has 0 aromatic carbocycles. The van der Waals surface area contributed by atoms with Crippen LogP contribution in [0.4, 0.5) is 0 Å². The number of carboxylic acid groups (broad SMARTS) is 1. The number of aliphatic hydroxyl groups is 4. The number of carboxylic acids is 1. The number of hydrogen-bond acceptors (Lipinski definition) is 10. The summed E-state index contributed by atoms with van der Waals surface area (Å²) in [6, 6.07) is 0. The monoisotopic (exact) mass is 656 g/mol. The molecule has 0 aliphatic carbocycles. The zero-order valence-electron chi connectivity index (χ0n) is 29.1. The molecule has 5 rings (SSSR count). The maximum absolute atomic E-state index is 11.6. The van der Waals surface area contributed by atoms with Crippen LogP contribution in [0.1, 0.15) is 107 Å². The van der Waals surface area contributed by atoms with E-state index < -0.39 is 65.5 Å². The predicted octanol–water partition coefficient (Wildman–Crippen LogP) is 3.62. The first-order chi connectivity index (χ1) is 21.4. The summed E-state index contributed by atoms with van der Waals surface area (Å²) in [6.07, 6.45) is 2.01. The van der Waals surface area contributed by atoms with Gasteiger partial charge < -0.3 is 49.2 Å². The van der Waals surface area contributed by atoms with Crippen LogP contribution in [0.3, 0.4) is 0 Å². The van der Waals surface area contributed by atoms with E-state index in [0.717, 1.165) is 32.1 Å². The molecule has 0 aromatic heterocycles. The third-order valence-electron chi connectivity index (χ3n) is 12.8. The summed E-state index contributed by atoms with van der Waals surface area (Å²) in [5.41, 5.74) is -1.19. The zero-order chi connectivity index (χ0) is 34.0. The van der Waals surface area contributed by atoms with Gasteiger partial charge in [-0.1, -0.05) is 41.5 Å². The van der Waals surface area contributed by atoms with Gasteiger partial charge in [-0.25, -0.2) is 0 Å². The van der Waals surface area contributed by atoms with Crippen LogP contribution in [0, 0.1) is 35.5 Å². The summed E-state index contributed by atoms with van der Waals surface area (Å²) < 4.78 is 33.5. The second-order valence-electron chi connectivity index (χ2n) is 16.1. The fourth-order valence-corrected chi connectivity index (χ4v) is 9.51. The highest BCUT2D eigenvalue weighted by molar-refractivity contribution is 5.70. The van der Waals surface area contributed by atoms with Crippen molar-refractivity contribution < 1.29 is 54.0 Å². The van der Waals surface area contributed by atoms with E-state index in [9.17, 15) is 30.3 Å². The molecule has 0 unspecified atom stereocenters. The number of ether oxygens (including phenoxy) is 5. The molecule has 0 bridgehead atoms. The van der Waals surface area contributed by atoms with E-state index in [4.69, 9.17) is 23.7 Å². The topological polar surface area (TPSA) is 164 Å². The average molecular weight is 657 g/mol. The lowest BCUT2D eigenvalue weighted by Crippen LogP contribution is -2.56. The standard InChI is InChI=1S/C35H60O11/c1-9-33(30-19(3)15-25(42-30)28-18(2)14-20(4)35(41,17-36)45-28)11-10-26(43-33)32(8)12-13-34(46-32)16-24(37)21(5)29(44-34)22(6)27(38)23(7)31(39)40/h18-30,36-38,41H,9-17H2,1-8H3,(H,39,40)/t18-,19-,20+,21+,22+,23-,24-,25+,26+,27+,28-,29-,30+,32-,33-,34+,35-/m0/s1. The molecule has 5 saturated heterocycles. The number of aliphatic carboxylic acids is 1. The maximum Gasteiger partial charge on any atom is 0.308 e. The minimum absolute atomic E-state index is 0.166. The van der Waals surface area contributed by atoms with Crippen molar-refractivity contribution in [3.63, 3.8) is 0 Å². The van der Waals surface area contributed by atoms with Crippen molar-refractivity contribution in [3.8, 4) is 0 Å². The molecule has 5 heterocycles. The first-order valence-electron chi connectivity index (χ1n) is 17.7. The Morgan fingerprint density at radius 3 is 2.33 bits per heavy atom. The lowest BCUT2D eigenvalue weighted by Gasteiger charge is -2.48. The van der Waals surface area contributed by atoms with Crippen LogP contribution in [-0.2, 0) is 28.5 Å². The van der Waals surface area contributed by atoms with Gasteiger partial charge in [0.15, 0.2) is 11.6 Å². The Morgan fingerprint density at radius 1 is 1.00 bits per heavy atom. The minimum atomic E-state index is -1.57. The van der Waals surface area contributed by atoms with Crippen molar-refractivity contribution in [1.82, 2.24) is 0 Å². The lowest BCUT2D eigenvalue weighted by molar-refractivity contribution is -0.336. The molecule has 1 spiro atoms. The van der Waals surface area contributed by atoms with Crippen molar-refractivity contribution in [3.05, 3.63) is 0 Å². The summed E-state index contributed by atoms with van der Waals surface area (Å²) in [4.78, 5) is 11.6. The second kappa shape index (κ2) is 13.1. The number of rotatable bonds is 9. The summed E-state index contributed by atoms with van der Waals surface area (Å²) in [5, 5.41) is 52.3. The summed E-state index contributed by atoms with van der Waals surface area (Å²) in [7, 11) is 0. The van der Waals surface area contributed by atoms with Crippen molar-refractivity contribution >= 4 is 5.97 Å². The van der Waals surface area contributed by atoms with Crippen LogP contribution in [0.25, 0.3) is 0 Å². The Bertz CT molecular complexity index is 1090. The molecule has 5 aliphatic heterocycles. The number of carbonyl (C=O) groups is 1. The highest BCUT2D eigenvalue weighted by Crippen LogP contribution is 2.54. The number of hydrogen-bond donors (Lipinski definition) is 5. The molecule has 0 amide bonds. The fourth-order valence-electron chi connectivity index (χ4n) is 9.51. The van der Waals surface area contributed by atoms with Crippen molar-refractivity contribution in [2.45, 2.75) is 172 Å². The van der Waals surface area contributed by atoms with Crippen LogP contribution in [0.15, 0.2) is 0 Å². The van der Waals surface area contributed by atoms with Gasteiger partial charge in [0, 0.05) is 30.6 Å². The van der Waals surface area contributed by atoms with Crippen molar-refractivity contribution in [2.75, 3.05) is 6.61 Å². The molecule has 17 atom stereocenters. The second-order valence-corrected chi connectivity index (χ2v) is 16.1. The predicted molar refractivity (Wildman–Crippen MR) is 168 cm³/mol. The quantitative estimate of drug-likeness (QED) is 0.246. The van der Waals surface area contributed by atoms with Crippen LogP contribution in [0.2, 0.25) is 0 Å². The van der Waals surface area contributed by atoms with E-state index in [2.05, 4.69) is 27.7 Å². The summed E-state index contributed by atoms with van der Waals surface area (Å²) in [5.74, 6) is -5.30. The normalized spacial score (nSPS) is 51.7. The molecule has 46 heavy (non-hydrogen) atoms. The largest absolute Gasteiger partial charge is 0.481 e. The lowest BCUT2D eigenvalue weighted by atomic mass is 9.78. The Balaban J connectivity index is 1.28.